The maximum absolute atomic E-state index is 13.9. The van der Waals surface area contributed by atoms with E-state index < -0.39 is 0 Å². The van der Waals surface area contributed by atoms with E-state index >= 15 is 0 Å². The largest absolute Gasteiger partial charge is 0.497 e. The third-order valence-electron chi connectivity index (χ3n) is 2.57. The van der Waals surface area contributed by atoms with E-state index in [-0.39, 0.29) is 10.6 Å². The molecule has 0 fully saturated rings. The van der Waals surface area contributed by atoms with Crippen LogP contribution in [0.2, 0.25) is 0 Å². The summed E-state index contributed by atoms with van der Waals surface area (Å²) in [6.45, 7) is 0. The second-order valence-electron chi connectivity index (χ2n) is 3.66. The number of benzene rings is 2. The van der Waals surface area contributed by atoms with Crippen LogP contribution in [0.15, 0.2) is 48.5 Å². The van der Waals surface area contributed by atoms with Crippen molar-refractivity contribution in [1.29, 1.82) is 0 Å². The van der Waals surface area contributed by atoms with Gasteiger partial charge in [0.05, 0.1) is 11.9 Å². The lowest BCUT2D eigenvalue weighted by Crippen LogP contribution is -1.97. The van der Waals surface area contributed by atoms with E-state index in [0.717, 1.165) is 5.56 Å². The average Bonchev–Trinajstić information content (AvgIpc) is 2.39. The second-order valence-corrected chi connectivity index (χ2v) is 4.58. The third kappa shape index (κ3) is 2.67. The molecule has 2 rings (SSSR count). The quantitative estimate of drug-likeness (QED) is 0.766. The maximum atomic E-state index is 13.9. The number of rotatable bonds is 3. The van der Waals surface area contributed by atoms with E-state index in [0.29, 0.717) is 11.3 Å². The highest BCUT2D eigenvalue weighted by atomic mass is 79.9. The van der Waals surface area contributed by atoms with Crippen LogP contribution in [0.4, 0.5) is 4.39 Å². The van der Waals surface area contributed by atoms with Crippen molar-refractivity contribution in [2.45, 2.75) is 4.83 Å². The number of methoxy groups -OCH3 is 1. The Hall–Kier alpha value is -1.35. The molecule has 0 aromatic heterocycles. The van der Waals surface area contributed by atoms with Gasteiger partial charge >= 0.3 is 0 Å². The highest BCUT2D eigenvalue weighted by Crippen LogP contribution is 2.33. The van der Waals surface area contributed by atoms with Gasteiger partial charge in [-0.15, -0.1) is 0 Å². The third-order valence-corrected chi connectivity index (χ3v) is 3.59. The summed E-state index contributed by atoms with van der Waals surface area (Å²) < 4.78 is 18.8. The molecule has 0 radical (unpaired) electrons. The Bertz CT molecular complexity index is 499. The number of alkyl halides is 1. The first-order valence-electron chi connectivity index (χ1n) is 5.25. The predicted octanol–water partition coefficient (Wildman–Crippen LogP) is 4.32. The molecule has 2 aromatic rings. The Kier molecular flexibility index (Phi) is 3.79. The number of hydrogen-bond acceptors (Lipinski definition) is 1. The minimum absolute atomic E-state index is 0.144. The molecular formula is C14H12BrFO. The molecule has 1 nitrogen and oxygen atoms in total. The van der Waals surface area contributed by atoms with Gasteiger partial charge in [0.15, 0.2) is 0 Å². The molecule has 2 aromatic carbocycles. The zero-order valence-electron chi connectivity index (χ0n) is 9.36. The Morgan fingerprint density at radius 1 is 1.12 bits per heavy atom. The van der Waals surface area contributed by atoms with Crippen LogP contribution < -0.4 is 4.74 Å². The lowest BCUT2D eigenvalue weighted by Gasteiger charge is -2.12. The molecular weight excluding hydrogens is 283 g/mol. The topological polar surface area (TPSA) is 9.23 Å². The first kappa shape index (κ1) is 12.1. The van der Waals surface area contributed by atoms with Crippen LogP contribution in [-0.4, -0.2) is 7.11 Å². The molecule has 3 heteroatoms. The van der Waals surface area contributed by atoms with Gasteiger partial charge in [0.1, 0.15) is 11.6 Å². The number of hydrogen-bond donors (Lipinski definition) is 0. The summed E-state index contributed by atoms with van der Waals surface area (Å²) in [5.74, 6) is 0.258. The highest BCUT2D eigenvalue weighted by molar-refractivity contribution is 9.09. The molecule has 0 amide bonds. The molecule has 0 aliphatic rings. The number of ether oxygens (including phenoxy) is 1. The fraction of sp³-hybridized carbons (Fsp3) is 0.143. The van der Waals surface area contributed by atoms with Gasteiger partial charge in [-0.1, -0.05) is 52.3 Å². The van der Waals surface area contributed by atoms with Crippen LogP contribution in [0.3, 0.4) is 0 Å². The Morgan fingerprint density at radius 3 is 2.41 bits per heavy atom. The van der Waals surface area contributed by atoms with Crippen molar-refractivity contribution in [2.24, 2.45) is 0 Å². The van der Waals surface area contributed by atoms with E-state index in [1.54, 1.807) is 12.1 Å². The molecule has 0 heterocycles. The normalized spacial score (nSPS) is 12.2. The molecule has 0 saturated heterocycles. The summed E-state index contributed by atoms with van der Waals surface area (Å²) in [6.07, 6.45) is 0. The first-order valence-corrected chi connectivity index (χ1v) is 6.16. The fourth-order valence-electron chi connectivity index (χ4n) is 1.64. The lowest BCUT2D eigenvalue weighted by atomic mass is 10.0. The van der Waals surface area contributed by atoms with Gasteiger partial charge in [0.2, 0.25) is 0 Å². The van der Waals surface area contributed by atoms with Gasteiger partial charge in [-0.2, -0.15) is 0 Å². The van der Waals surface area contributed by atoms with Gasteiger partial charge in [-0.25, -0.2) is 4.39 Å². The van der Waals surface area contributed by atoms with Crippen LogP contribution in [0, 0.1) is 5.82 Å². The summed E-state index contributed by atoms with van der Waals surface area (Å²) in [5, 5.41) is 0. The van der Waals surface area contributed by atoms with Gasteiger partial charge in [-0.3, -0.25) is 0 Å². The van der Waals surface area contributed by atoms with E-state index in [4.69, 9.17) is 4.74 Å². The number of halogens is 2. The summed E-state index contributed by atoms with van der Waals surface area (Å²) in [7, 11) is 1.53. The van der Waals surface area contributed by atoms with E-state index in [2.05, 4.69) is 15.9 Å². The SMILES string of the molecule is COc1ccc(C(Br)c2ccccc2)c(F)c1. The van der Waals surface area contributed by atoms with Crippen molar-refractivity contribution >= 4 is 15.9 Å². The highest BCUT2D eigenvalue weighted by Gasteiger charge is 2.14. The van der Waals surface area contributed by atoms with E-state index in [1.165, 1.54) is 13.2 Å². The second kappa shape index (κ2) is 5.32. The van der Waals surface area contributed by atoms with Gasteiger partial charge < -0.3 is 4.74 Å². The first-order chi connectivity index (χ1) is 8.22. The van der Waals surface area contributed by atoms with Crippen molar-refractivity contribution < 1.29 is 9.13 Å². The average molecular weight is 295 g/mol. The standard InChI is InChI=1S/C14H12BrFO/c1-17-11-7-8-12(13(16)9-11)14(15)10-5-3-2-4-6-10/h2-9,14H,1H3. The smallest absolute Gasteiger partial charge is 0.131 e. The summed E-state index contributed by atoms with van der Waals surface area (Å²) in [4.78, 5) is -0.144. The van der Waals surface area contributed by atoms with Crippen molar-refractivity contribution in [3.8, 4) is 5.75 Å². The van der Waals surface area contributed by atoms with Crippen molar-refractivity contribution in [2.75, 3.05) is 7.11 Å². The summed E-state index contributed by atoms with van der Waals surface area (Å²) in [5.41, 5.74) is 1.63. The van der Waals surface area contributed by atoms with Crippen LogP contribution >= 0.6 is 15.9 Å². The maximum Gasteiger partial charge on any atom is 0.131 e. The molecule has 0 bridgehead atoms. The molecule has 1 unspecified atom stereocenters. The van der Waals surface area contributed by atoms with Crippen LogP contribution in [0.25, 0.3) is 0 Å². The Labute approximate surface area is 108 Å². The van der Waals surface area contributed by atoms with Gasteiger partial charge in [0.25, 0.3) is 0 Å². The van der Waals surface area contributed by atoms with Gasteiger partial charge in [-0.05, 0) is 11.6 Å². The summed E-state index contributed by atoms with van der Waals surface area (Å²) >= 11 is 3.51. The Balaban J connectivity index is 2.34. The van der Waals surface area contributed by atoms with Crippen LogP contribution in [-0.2, 0) is 0 Å². The molecule has 17 heavy (non-hydrogen) atoms. The van der Waals surface area contributed by atoms with Crippen LogP contribution in [0.1, 0.15) is 16.0 Å². The van der Waals surface area contributed by atoms with Gasteiger partial charge in [0, 0.05) is 11.6 Å². The molecule has 0 aliphatic carbocycles. The molecule has 1 atom stereocenters. The van der Waals surface area contributed by atoms with Crippen molar-refractivity contribution in [3.05, 3.63) is 65.5 Å². The summed E-state index contributed by atoms with van der Waals surface area (Å²) in [6, 6.07) is 14.6. The predicted molar refractivity (Wildman–Crippen MR) is 70.2 cm³/mol. The minimum Gasteiger partial charge on any atom is -0.497 e. The fourth-order valence-corrected chi connectivity index (χ4v) is 2.32. The van der Waals surface area contributed by atoms with Crippen molar-refractivity contribution in [1.82, 2.24) is 0 Å². The Morgan fingerprint density at radius 2 is 1.82 bits per heavy atom. The zero-order chi connectivity index (χ0) is 12.3. The van der Waals surface area contributed by atoms with Crippen molar-refractivity contribution in [3.63, 3.8) is 0 Å². The van der Waals surface area contributed by atoms with Crippen LogP contribution in [0.5, 0.6) is 5.75 Å². The molecule has 0 aliphatic heterocycles. The monoisotopic (exact) mass is 294 g/mol. The van der Waals surface area contributed by atoms with E-state index in [9.17, 15) is 4.39 Å². The molecule has 0 saturated carbocycles. The molecule has 0 N–H and O–H groups in total. The minimum atomic E-state index is -0.268. The zero-order valence-corrected chi connectivity index (χ0v) is 10.9. The molecule has 0 spiro atoms. The van der Waals surface area contributed by atoms with E-state index in [1.807, 2.05) is 30.3 Å². The molecule has 88 valence electrons. The lowest BCUT2D eigenvalue weighted by molar-refractivity contribution is 0.411.